The van der Waals surface area contributed by atoms with E-state index in [2.05, 4.69) is 29.2 Å². The summed E-state index contributed by atoms with van der Waals surface area (Å²) >= 11 is 6.17. The van der Waals surface area contributed by atoms with Crippen LogP contribution in [0.2, 0.25) is 5.02 Å². The minimum Gasteiger partial charge on any atom is -0.488 e. The van der Waals surface area contributed by atoms with Gasteiger partial charge >= 0.3 is 6.09 Å². The molecule has 1 N–H and O–H groups in total. The van der Waals surface area contributed by atoms with Crippen molar-refractivity contribution in [1.29, 1.82) is 0 Å². The number of fused-ring (bicyclic) bond motifs is 6. The average Bonchev–Trinajstić information content (AvgIpc) is 3.19. The van der Waals surface area contributed by atoms with Gasteiger partial charge in [0.25, 0.3) is 0 Å². The van der Waals surface area contributed by atoms with Gasteiger partial charge < -0.3 is 19.4 Å². The SMILES string of the molecule is CCCN(Cc1nc2c(ccc3cc4c(cc32)OCc2cc(Cl)ccc2-4)[nH]1)C(=O)OC(C)(C)C. The fourth-order valence-corrected chi connectivity index (χ4v) is 4.59. The van der Waals surface area contributed by atoms with Crippen LogP contribution in [0.25, 0.3) is 32.9 Å². The third kappa shape index (κ3) is 4.30. The second kappa shape index (κ2) is 8.51. The zero-order chi connectivity index (χ0) is 24.0. The minimum absolute atomic E-state index is 0.332. The van der Waals surface area contributed by atoms with Gasteiger partial charge in [-0.3, -0.25) is 0 Å². The molecule has 0 saturated carbocycles. The topological polar surface area (TPSA) is 67.5 Å². The number of nitrogens with zero attached hydrogens (tertiary/aromatic N) is 2. The van der Waals surface area contributed by atoms with Crippen molar-refractivity contribution >= 4 is 39.5 Å². The quantitative estimate of drug-likeness (QED) is 0.341. The molecular formula is C27H28ClN3O3. The van der Waals surface area contributed by atoms with Gasteiger partial charge in [-0.15, -0.1) is 0 Å². The fraction of sp³-hybridized carbons (Fsp3) is 0.333. The molecule has 0 atom stereocenters. The number of carbonyl (C=O) groups excluding carboxylic acids is 1. The van der Waals surface area contributed by atoms with E-state index in [1.54, 1.807) is 4.90 Å². The highest BCUT2D eigenvalue weighted by Gasteiger charge is 2.23. The summed E-state index contributed by atoms with van der Waals surface area (Å²) < 4.78 is 11.7. The number of nitrogens with one attached hydrogen (secondary N) is 1. The highest BCUT2D eigenvalue weighted by molar-refractivity contribution is 6.30. The van der Waals surface area contributed by atoms with Crippen molar-refractivity contribution in [1.82, 2.24) is 14.9 Å². The number of benzene rings is 3. The molecule has 0 saturated heterocycles. The van der Waals surface area contributed by atoms with E-state index in [-0.39, 0.29) is 6.09 Å². The number of H-pyrrole nitrogens is 1. The predicted molar refractivity (Wildman–Crippen MR) is 135 cm³/mol. The van der Waals surface area contributed by atoms with E-state index in [4.69, 9.17) is 26.1 Å². The molecule has 2 heterocycles. The van der Waals surface area contributed by atoms with Gasteiger partial charge in [0.15, 0.2) is 0 Å². The van der Waals surface area contributed by atoms with E-state index in [1.807, 2.05) is 45.9 Å². The van der Waals surface area contributed by atoms with Gasteiger partial charge in [0.1, 0.15) is 23.8 Å². The lowest BCUT2D eigenvalue weighted by Crippen LogP contribution is -2.37. The van der Waals surface area contributed by atoms with Crippen molar-refractivity contribution in [2.45, 2.75) is 52.9 Å². The number of imidazole rings is 1. The van der Waals surface area contributed by atoms with E-state index in [9.17, 15) is 4.79 Å². The van der Waals surface area contributed by atoms with Crippen LogP contribution in [0.3, 0.4) is 0 Å². The summed E-state index contributed by atoms with van der Waals surface area (Å²) in [5.74, 6) is 1.56. The molecule has 0 unspecified atom stereocenters. The molecule has 7 heteroatoms. The highest BCUT2D eigenvalue weighted by Crippen LogP contribution is 2.42. The molecule has 0 aliphatic carbocycles. The van der Waals surface area contributed by atoms with E-state index >= 15 is 0 Å². The van der Waals surface area contributed by atoms with Crippen LogP contribution in [0.1, 0.15) is 45.5 Å². The van der Waals surface area contributed by atoms with E-state index in [1.165, 1.54) is 0 Å². The first-order valence-corrected chi connectivity index (χ1v) is 11.9. The average molecular weight is 478 g/mol. The number of hydrogen-bond donors (Lipinski definition) is 1. The fourth-order valence-electron chi connectivity index (χ4n) is 4.39. The summed E-state index contributed by atoms with van der Waals surface area (Å²) in [6, 6.07) is 14.2. The second-order valence-electron chi connectivity index (χ2n) is 9.71. The largest absolute Gasteiger partial charge is 0.488 e. The van der Waals surface area contributed by atoms with Gasteiger partial charge in [0, 0.05) is 22.5 Å². The number of amides is 1. The Balaban J connectivity index is 1.52. The third-order valence-electron chi connectivity index (χ3n) is 5.84. The van der Waals surface area contributed by atoms with Crippen LogP contribution in [0, 0.1) is 0 Å². The number of carbonyl (C=O) groups is 1. The van der Waals surface area contributed by atoms with Crippen molar-refractivity contribution < 1.29 is 14.3 Å². The number of rotatable bonds is 4. The number of aromatic amines is 1. The maximum atomic E-state index is 12.7. The number of ether oxygens (including phenoxy) is 2. The Bertz CT molecular complexity index is 1400. The summed E-state index contributed by atoms with van der Waals surface area (Å²) in [6.07, 6.45) is 0.499. The van der Waals surface area contributed by atoms with Crippen molar-refractivity contribution in [2.75, 3.05) is 6.54 Å². The molecule has 1 amide bonds. The lowest BCUT2D eigenvalue weighted by molar-refractivity contribution is 0.0229. The lowest BCUT2D eigenvalue weighted by atomic mass is 9.94. The smallest absolute Gasteiger partial charge is 0.410 e. The van der Waals surface area contributed by atoms with Gasteiger partial charge in [0.2, 0.25) is 0 Å². The molecule has 1 aliphatic rings. The molecule has 0 bridgehead atoms. The molecule has 0 radical (unpaired) electrons. The van der Waals surface area contributed by atoms with Crippen LogP contribution >= 0.6 is 11.6 Å². The van der Waals surface area contributed by atoms with E-state index in [0.29, 0.717) is 24.7 Å². The van der Waals surface area contributed by atoms with E-state index < -0.39 is 5.60 Å². The predicted octanol–water partition coefficient (Wildman–Crippen LogP) is 7.08. The lowest BCUT2D eigenvalue weighted by Gasteiger charge is -2.26. The first kappa shape index (κ1) is 22.5. The zero-order valence-corrected chi connectivity index (χ0v) is 20.6. The van der Waals surface area contributed by atoms with Crippen molar-refractivity contribution in [2.24, 2.45) is 0 Å². The Morgan fingerprint density at radius 3 is 2.76 bits per heavy atom. The third-order valence-corrected chi connectivity index (χ3v) is 6.08. The maximum Gasteiger partial charge on any atom is 0.410 e. The van der Waals surface area contributed by atoms with Crippen LogP contribution in [-0.4, -0.2) is 33.1 Å². The van der Waals surface area contributed by atoms with Gasteiger partial charge in [0.05, 0.1) is 17.6 Å². The summed E-state index contributed by atoms with van der Waals surface area (Å²) in [6.45, 7) is 9.09. The van der Waals surface area contributed by atoms with Crippen LogP contribution in [0.15, 0.2) is 42.5 Å². The molecule has 0 spiro atoms. The standard InChI is InChI=1S/C27H28ClN3O3/c1-5-10-31(26(32)34-27(2,3)4)14-24-29-22-9-6-16-12-21-19-8-7-18(28)11-17(19)15-33-23(21)13-20(16)25(22)30-24/h6-9,11-13H,5,10,14-15H2,1-4H3,(H,29,30). The van der Waals surface area contributed by atoms with Gasteiger partial charge in [-0.1, -0.05) is 30.7 Å². The van der Waals surface area contributed by atoms with Crippen LogP contribution < -0.4 is 4.74 Å². The van der Waals surface area contributed by atoms with Gasteiger partial charge in [-0.25, -0.2) is 9.78 Å². The Morgan fingerprint density at radius 2 is 2.00 bits per heavy atom. The molecule has 34 heavy (non-hydrogen) atoms. The number of aromatic nitrogens is 2. The second-order valence-corrected chi connectivity index (χ2v) is 10.1. The van der Waals surface area contributed by atoms with Crippen molar-refractivity contribution in [3.63, 3.8) is 0 Å². The van der Waals surface area contributed by atoms with E-state index in [0.717, 1.165) is 56.5 Å². The van der Waals surface area contributed by atoms with Crippen LogP contribution in [-0.2, 0) is 17.9 Å². The molecule has 1 aromatic heterocycles. The van der Waals surface area contributed by atoms with Gasteiger partial charge in [-0.2, -0.15) is 0 Å². The Labute approximate surface area is 203 Å². The minimum atomic E-state index is -0.545. The molecule has 6 nitrogen and oxygen atoms in total. The summed E-state index contributed by atoms with van der Waals surface area (Å²) in [7, 11) is 0. The summed E-state index contributed by atoms with van der Waals surface area (Å²) in [4.78, 5) is 22.6. The first-order chi connectivity index (χ1) is 16.2. The molecule has 1 aliphatic heterocycles. The molecule has 176 valence electrons. The molecule has 4 aromatic rings. The molecule has 5 rings (SSSR count). The summed E-state index contributed by atoms with van der Waals surface area (Å²) in [5.41, 5.74) is 4.52. The normalized spacial score (nSPS) is 12.9. The van der Waals surface area contributed by atoms with Gasteiger partial charge in [-0.05, 0) is 74.0 Å². The highest BCUT2D eigenvalue weighted by atomic mass is 35.5. The Morgan fingerprint density at radius 1 is 1.18 bits per heavy atom. The first-order valence-electron chi connectivity index (χ1n) is 11.6. The van der Waals surface area contributed by atoms with Crippen molar-refractivity contribution in [3.8, 4) is 16.9 Å². The molecule has 3 aromatic carbocycles. The summed E-state index contributed by atoms with van der Waals surface area (Å²) in [5, 5.41) is 2.80. The Hall–Kier alpha value is -3.25. The Kier molecular flexibility index (Phi) is 5.64. The monoisotopic (exact) mass is 477 g/mol. The van der Waals surface area contributed by atoms with Crippen molar-refractivity contribution in [3.05, 3.63) is 58.9 Å². The molecule has 0 fully saturated rings. The van der Waals surface area contributed by atoms with Crippen LogP contribution in [0.5, 0.6) is 5.75 Å². The molecular weight excluding hydrogens is 450 g/mol. The van der Waals surface area contributed by atoms with Crippen LogP contribution in [0.4, 0.5) is 4.79 Å². The number of hydrogen-bond acceptors (Lipinski definition) is 4. The zero-order valence-electron chi connectivity index (χ0n) is 19.9. The maximum absolute atomic E-state index is 12.7. The number of halogens is 1.